The zero-order valence-electron chi connectivity index (χ0n) is 17.9. The van der Waals surface area contributed by atoms with Gasteiger partial charge in [-0.1, -0.05) is 29.8 Å². The van der Waals surface area contributed by atoms with Crippen molar-refractivity contribution in [2.75, 3.05) is 12.4 Å². The molecule has 1 heterocycles. The normalized spacial score (nSPS) is 13.2. The summed E-state index contributed by atoms with van der Waals surface area (Å²) in [5, 5.41) is 8.17. The van der Waals surface area contributed by atoms with E-state index in [1.54, 1.807) is 18.1 Å². The van der Waals surface area contributed by atoms with Crippen molar-refractivity contribution in [1.29, 1.82) is 0 Å². The summed E-state index contributed by atoms with van der Waals surface area (Å²) >= 11 is 6.31. The van der Waals surface area contributed by atoms with Gasteiger partial charge < -0.3 is 10.2 Å². The van der Waals surface area contributed by atoms with E-state index in [4.69, 9.17) is 11.6 Å². The standard InChI is InChI=1S/C24H25ClN4O2/c1-15-7-10-20(12-22(15)25)29-23(18-8-9-18)21(13-26-29)24(31)27-19-6-4-5-17(11-19)14-28(3)16(2)30/h4-7,10-13,18H,8-9,14H2,1-3H3,(H,27,31). The summed E-state index contributed by atoms with van der Waals surface area (Å²) in [5.41, 5.74) is 4.98. The first-order valence-electron chi connectivity index (χ1n) is 10.3. The number of aromatic nitrogens is 2. The van der Waals surface area contributed by atoms with Crippen molar-refractivity contribution in [3.63, 3.8) is 0 Å². The second-order valence-electron chi connectivity index (χ2n) is 8.09. The van der Waals surface area contributed by atoms with Crippen molar-refractivity contribution < 1.29 is 9.59 Å². The maximum Gasteiger partial charge on any atom is 0.259 e. The summed E-state index contributed by atoms with van der Waals surface area (Å²) in [6, 6.07) is 13.3. The fourth-order valence-corrected chi connectivity index (χ4v) is 3.71. The lowest BCUT2D eigenvalue weighted by molar-refractivity contribution is -0.128. The Labute approximate surface area is 186 Å². The maximum atomic E-state index is 13.1. The fraction of sp³-hybridized carbons (Fsp3) is 0.292. The number of aryl methyl sites for hydroxylation is 1. The van der Waals surface area contributed by atoms with E-state index in [1.165, 1.54) is 6.92 Å². The Kier molecular flexibility index (Phi) is 5.83. The number of halogens is 1. The molecule has 31 heavy (non-hydrogen) atoms. The molecular weight excluding hydrogens is 412 g/mol. The molecule has 0 saturated heterocycles. The summed E-state index contributed by atoms with van der Waals surface area (Å²) in [6.45, 7) is 3.97. The molecule has 0 radical (unpaired) electrons. The van der Waals surface area contributed by atoms with E-state index >= 15 is 0 Å². The van der Waals surface area contributed by atoms with Crippen LogP contribution in [0.5, 0.6) is 0 Å². The number of hydrogen-bond donors (Lipinski definition) is 1. The number of carbonyl (C=O) groups excluding carboxylic acids is 2. The van der Waals surface area contributed by atoms with Crippen LogP contribution in [0.25, 0.3) is 5.69 Å². The molecule has 2 amide bonds. The van der Waals surface area contributed by atoms with Gasteiger partial charge in [0.1, 0.15) is 0 Å². The highest BCUT2D eigenvalue weighted by Crippen LogP contribution is 2.42. The van der Waals surface area contributed by atoms with E-state index in [-0.39, 0.29) is 11.8 Å². The predicted molar refractivity (Wildman–Crippen MR) is 122 cm³/mol. The van der Waals surface area contributed by atoms with Gasteiger partial charge in [-0.25, -0.2) is 4.68 Å². The van der Waals surface area contributed by atoms with Gasteiger partial charge in [0.2, 0.25) is 5.91 Å². The molecule has 0 bridgehead atoms. The van der Waals surface area contributed by atoms with Crippen LogP contribution in [0.15, 0.2) is 48.7 Å². The minimum absolute atomic E-state index is 0.00728. The first-order chi connectivity index (χ1) is 14.8. The van der Waals surface area contributed by atoms with Gasteiger partial charge in [0.05, 0.1) is 23.1 Å². The first kappa shape index (κ1) is 21.1. The number of anilines is 1. The predicted octanol–water partition coefficient (Wildman–Crippen LogP) is 4.94. The van der Waals surface area contributed by atoms with Crippen LogP contribution in [-0.2, 0) is 11.3 Å². The van der Waals surface area contributed by atoms with Crippen molar-refractivity contribution >= 4 is 29.1 Å². The monoisotopic (exact) mass is 436 g/mol. The SMILES string of the molecule is CC(=O)N(C)Cc1cccc(NC(=O)c2cnn(-c3ccc(C)c(Cl)c3)c2C2CC2)c1. The molecule has 2 aromatic carbocycles. The summed E-state index contributed by atoms with van der Waals surface area (Å²) in [4.78, 5) is 26.2. The summed E-state index contributed by atoms with van der Waals surface area (Å²) in [5.74, 6) is 0.120. The molecule has 1 aliphatic rings. The molecule has 1 aliphatic carbocycles. The number of nitrogens with zero attached hydrogens (tertiary/aromatic N) is 3. The largest absolute Gasteiger partial charge is 0.342 e. The zero-order valence-corrected chi connectivity index (χ0v) is 18.6. The van der Waals surface area contributed by atoms with E-state index in [1.807, 2.05) is 54.1 Å². The summed E-state index contributed by atoms with van der Waals surface area (Å²) < 4.78 is 1.83. The third-order valence-electron chi connectivity index (χ3n) is 5.56. The third-order valence-corrected chi connectivity index (χ3v) is 5.96. The van der Waals surface area contributed by atoms with Gasteiger partial charge in [0.25, 0.3) is 5.91 Å². The second-order valence-corrected chi connectivity index (χ2v) is 8.50. The summed E-state index contributed by atoms with van der Waals surface area (Å²) in [7, 11) is 1.75. The molecule has 0 unspecified atom stereocenters. The Hall–Kier alpha value is -3.12. The van der Waals surface area contributed by atoms with Gasteiger partial charge in [0, 0.05) is 37.1 Å². The lowest BCUT2D eigenvalue weighted by Gasteiger charge is -2.15. The zero-order chi connectivity index (χ0) is 22.1. The van der Waals surface area contributed by atoms with Crippen LogP contribution in [0.1, 0.15) is 52.9 Å². The molecule has 0 aliphatic heterocycles. The van der Waals surface area contributed by atoms with Crippen molar-refractivity contribution in [1.82, 2.24) is 14.7 Å². The minimum atomic E-state index is -0.191. The van der Waals surface area contributed by atoms with Crippen LogP contribution >= 0.6 is 11.6 Å². The molecule has 4 rings (SSSR count). The highest BCUT2D eigenvalue weighted by molar-refractivity contribution is 6.31. The molecule has 1 aromatic heterocycles. The molecule has 1 saturated carbocycles. The number of hydrogen-bond acceptors (Lipinski definition) is 3. The molecule has 1 fully saturated rings. The molecule has 160 valence electrons. The van der Waals surface area contributed by atoms with Crippen LogP contribution in [0.4, 0.5) is 5.69 Å². The molecule has 0 atom stereocenters. The van der Waals surface area contributed by atoms with Crippen LogP contribution in [-0.4, -0.2) is 33.5 Å². The van der Waals surface area contributed by atoms with E-state index in [9.17, 15) is 9.59 Å². The van der Waals surface area contributed by atoms with Crippen molar-refractivity contribution in [2.24, 2.45) is 0 Å². The van der Waals surface area contributed by atoms with Crippen LogP contribution < -0.4 is 5.32 Å². The first-order valence-corrected chi connectivity index (χ1v) is 10.7. The molecule has 7 heteroatoms. The quantitative estimate of drug-likeness (QED) is 0.595. The van der Waals surface area contributed by atoms with Crippen LogP contribution in [0.2, 0.25) is 5.02 Å². The van der Waals surface area contributed by atoms with E-state index in [0.717, 1.165) is 35.3 Å². The maximum absolute atomic E-state index is 13.1. The minimum Gasteiger partial charge on any atom is -0.342 e. The number of amides is 2. The third kappa shape index (κ3) is 4.64. The van der Waals surface area contributed by atoms with Crippen molar-refractivity contribution in [3.8, 4) is 5.69 Å². The molecule has 6 nitrogen and oxygen atoms in total. The van der Waals surface area contributed by atoms with Gasteiger partial charge in [-0.05, 0) is 55.2 Å². The average Bonchev–Trinajstić information content (AvgIpc) is 3.48. The highest BCUT2D eigenvalue weighted by atomic mass is 35.5. The number of benzene rings is 2. The highest BCUT2D eigenvalue weighted by Gasteiger charge is 2.33. The fourth-order valence-electron chi connectivity index (χ4n) is 3.53. The molecule has 0 spiro atoms. The Bertz CT molecular complexity index is 1150. The second kappa shape index (κ2) is 8.55. The van der Waals surface area contributed by atoms with E-state index in [0.29, 0.717) is 28.7 Å². The van der Waals surface area contributed by atoms with Gasteiger partial charge >= 0.3 is 0 Å². The van der Waals surface area contributed by atoms with Crippen molar-refractivity contribution in [2.45, 2.75) is 39.2 Å². The topological polar surface area (TPSA) is 67.2 Å². The summed E-state index contributed by atoms with van der Waals surface area (Å²) in [6.07, 6.45) is 3.71. The van der Waals surface area contributed by atoms with E-state index < -0.39 is 0 Å². The smallest absolute Gasteiger partial charge is 0.259 e. The lowest BCUT2D eigenvalue weighted by Crippen LogP contribution is -2.23. The molecule has 1 N–H and O–H groups in total. The molecule has 3 aromatic rings. The Morgan fingerprint density at radius 1 is 1.23 bits per heavy atom. The van der Waals surface area contributed by atoms with Gasteiger partial charge in [0.15, 0.2) is 0 Å². The Morgan fingerprint density at radius 3 is 2.68 bits per heavy atom. The Morgan fingerprint density at radius 2 is 2.00 bits per heavy atom. The number of rotatable bonds is 6. The van der Waals surface area contributed by atoms with Crippen molar-refractivity contribution in [3.05, 3.63) is 76.1 Å². The van der Waals surface area contributed by atoms with Gasteiger partial charge in [-0.2, -0.15) is 5.10 Å². The average molecular weight is 437 g/mol. The number of carbonyl (C=O) groups is 2. The number of nitrogens with one attached hydrogen (secondary N) is 1. The Balaban J connectivity index is 1.59. The van der Waals surface area contributed by atoms with Crippen LogP contribution in [0.3, 0.4) is 0 Å². The van der Waals surface area contributed by atoms with Gasteiger partial charge in [-0.15, -0.1) is 0 Å². The van der Waals surface area contributed by atoms with Crippen LogP contribution in [0, 0.1) is 6.92 Å². The van der Waals surface area contributed by atoms with Gasteiger partial charge in [-0.3, -0.25) is 9.59 Å². The lowest BCUT2D eigenvalue weighted by atomic mass is 10.1. The molecular formula is C24H25ClN4O2. The van der Waals surface area contributed by atoms with E-state index in [2.05, 4.69) is 10.4 Å².